The highest BCUT2D eigenvalue weighted by molar-refractivity contribution is 7.98. The molecule has 0 aliphatic carbocycles. The summed E-state index contributed by atoms with van der Waals surface area (Å²) in [6.45, 7) is 0.164. The van der Waals surface area contributed by atoms with Crippen molar-refractivity contribution < 1.29 is 9.52 Å². The maximum absolute atomic E-state index is 8.50. The molecule has 0 aliphatic rings. The zero-order chi connectivity index (χ0) is 8.10. The molecule has 0 saturated heterocycles. The highest BCUT2D eigenvalue weighted by Gasteiger charge is 2.02. The Kier molecular flexibility index (Phi) is 3.38. The number of hydrogen-bond donors (Lipinski definition) is 1. The molecule has 0 aromatic carbocycles. The summed E-state index contributed by atoms with van der Waals surface area (Å²) in [6, 6.07) is 0. The number of aryl methyl sites for hydroxylation is 1. The molecule has 0 atom stereocenters. The number of hydrogen-bond acceptors (Lipinski definition) is 5. The predicted octanol–water partition coefficient (Wildman–Crippen LogP) is 0.716. The SMILES string of the molecule is CSc1nnc(CCCO)o1. The molecule has 0 saturated carbocycles. The van der Waals surface area contributed by atoms with Crippen LogP contribution in [0.3, 0.4) is 0 Å². The molecule has 0 spiro atoms. The minimum Gasteiger partial charge on any atom is -0.416 e. The Morgan fingerprint density at radius 1 is 1.55 bits per heavy atom. The van der Waals surface area contributed by atoms with Crippen molar-refractivity contribution in [3.8, 4) is 0 Å². The van der Waals surface area contributed by atoms with E-state index in [9.17, 15) is 0 Å². The fraction of sp³-hybridized carbons (Fsp3) is 0.667. The van der Waals surface area contributed by atoms with E-state index in [1.807, 2.05) is 6.26 Å². The van der Waals surface area contributed by atoms with Crippen molar-refractivity contribution >= 4 is 11.8 Å². The third-order valence-electron chi connectivity index (χ3n) is 1.17. The zero-order valence-corrected chi connectivity index (χ0v) is 7.10. The molecule has 1 aromatic heterocycles. The average Bonchev–Trinajstić information content (AvgIpc) is 2.48. The van der Waals surface area contributed by atoms with Crippen LogP contribution in [-0.4, -0.2) is 28.2 Å². The molecule has 4 nitrogen and oxygen atoms in total. The summed E-state index contributed by atoms with van der Waals surface area (Å²) >= 11 is 1.42. The number of rotatable bonds is 4. The minimum absolute atomic E-state index is 0.164. The highest BCUT2D eigenvalue weighted by atomic mass is 32.2. The van der Waals surface area contributed by atoms with Gasteiger partial charge in [-0.15, -0.1) is 10.2 Å². The zero-order valence-electron chi connectivity index (χ0n) is 6.28. The standard InChI is InChI=1S/C6H10N2O2S/c1-11-6-8-7-5(10-6)3-2-4-9/h9H,2-4H2,1H3. The molecule has 1 heterocycles. The van der Waals surface area contributed by atoms with Crippen molar-refractivity contribution in [2.45, 2.75) is 18.1 Å². The Morgan fingerprint density at radius 2 is 2.36 bits per heavy atom. The van der Waals surface area contributed by atoms with Crippen LogP contribution in [0, 0.1) is 0 Å². The van der Waals surface area contributed by atoms with Gasteiger partial charge in [0.15, 0.2) is 0 Å². The summed E-state index contributed by atoms with van der Waals surface area (Å²) in [5.41, 5.74) is 0. The van der Waals surface area contributed by atoms with Crippen LogP contribution in [0.2, 0.25) is 0 Å². The second-order valence-corrected chi connectivity index (χ2v) is 2.75. The van der Waals surface area contributed by atoms with Crippen LogP contribution < -0.4 is 0 Å². The topological polar surface area (TPSA) is 59.2 Å². The molecule has 1 N–H and O–H groups in total. The van der Waals surface area contributed by atoms with Gasteiger partial charge in [0.1, 0.15) is 0 Å². The molecule has 0 aliphatic heterocycles. The molecule has 1 rings (SSSR count). The molecule has 0 unspecified atom stereocenters. The number of nitrogens with zero attached hydrogens (tertiary/aromatic N) is 2. The lowest BCUT2D eigenvalue weighted by Crippen LogP contribution is -1.88. The van der Waals surface area contributed by atoms with E-state index < -0.39 is 0 Å². The van der Waals surface area contributed by atoms with Gasteiger partial charge in [0.2, 0.25) is 5.89 Å². The van der Waals surface area contributed by atoms with Crippen molar-refractivity contribution in [1.29, 1.82) is 0 Å². The van der Waals surface area contributed by atoms with Crippen molar-refractivity contribution in [3.05, 3.63) is 5.89 Å². The smallest absolute Gasteiger partial charge is 0.276 e. The third-order valence-corrected chi connectivity index (χ3v) is 1.69. The quantitative estimate of drug-likeness (QED) is 0.681. The van der Waals surface area contributed by atoms with E-state index in [0.717, 1.165) is 0 Å². The second kappa shape index (κ2) is 4.35. The molecule has 0 radical (unpaired) electrons. The molecule has 11 heavy (non-hydrogen) atoms. The molecular weight excluding hydrogens is 164 g/mol. The minimum atomic E-state index is 0.164. The van der Waals surface area contributed by atoms with E-state index in [2.05, 4.69) is 10.2 Å². The van der Waals surface area contributed by atoms with Crippen molar-refractivity contribution in [2.24, 2.45) is 0 Å². The van der Waals surface area contributed by atoms with Crippen LogP contribution >= 0.6 is 11.8 Å². The number of thioether (sulfide) groups is 1. The molecule has 0 bridgehead atoms. The van der Waals surface area contributed by atoms with Crippen LogP contribution in [-0.2, 0) is 6.42 Å². The molecule has 5 heteroatoms. The average molecular weight is 174 g/mol. The van der Waals surface area contributed by atoms with Crippen LogP contribution in [0.5, 0.6) is 0 Å². The van der Waals surface area contributed by atoms with E-state index in [-0.39, 0.29) is 6.61 Å². The largest absolute Gasteiger partial charge is 0.416 e. The third kappa shape index (κ3) is 2.51. The lowest BCUT2D eigenvalue weighted by molar-refractivity contribution is 0.281. The van der Waals surface area contributed by atoms with Crippen LogP contribution in [0.4, 0.5) is 0 Å². The maximum atomic E-state index is 8.50. The van der Waals surface area contributed by atoms with E-state index in [4.69, 9.17) is 9.52 Å². The first-order chi connectivity index (χ1) is 5.36. The Morgan fingerprint density at radius 3 is 2.91 bits per heavy atom. The molecule has 1 aromatic rings. The van der Waals surface area contributed by atoms with E-state index in [1.165, 1.54) is 11.8 Å². The van der Waals surface area contributed by atoms with E-state index in [1.54, 1.807) is 0 Å². The Balaban J connectivity index is 2.44. The molecule has 0 fully saturated rings. The van der Waals surface area contributed by atoms with E-state index >= 15 is 0 Å². The number of aromatic nitrogens is 2. The first-order valence-electron chi connectivity index (χ1n) is 3.34. The molecule has 0 amide bonds. The van der Waals surface area contributed by atoms with Gasteiger partial charge >= 0.3 is 0 Å². The predicted molar refractivity (Wildman–Crippen MR) is 41.5 cm³/mol. The lowest BCUT2D eigenvalue weighted by atomic mass is 10.3. The van der Waals surface area contributed by atoms with Gasteiger partial charge in [-0.3, -0.25) is 0 Å². The summed E-state index contributed by atoms with van der Waals surface area (Å²) in [5, 5.41) is 16.6. The second-order valence-electron chi connectivity index (χ2n) is 1.99. The fourth-order valence-electron chi connectivity index (χ4n) is 0.652. The fourth-order valence-corrected chi connectivity index (χ4v) is 0.954. The first kappa shape index (κ1) is 8.55. The van der Waals surface area contributed by atoms with Gasteiger partial charge in [0.05, 0.1) is 0 Å². The summed E-state index contributed by atoms with van der Waals surface area (Å²) in [4.78, 5) is 0. The number of aliphatic hydroxyl groups excluding tert-OH is 1. The summed E-state index contributed by atoms with van der Waals surface area (Å²) in [7, 11) is 0. The van der Waals surface area contributed by atoms with E-state index in [0.29, 0.717) is 24.0 Å². The Hall–Kier alpha value is -0.550. The van der Waals surface area contributed by atoms with Gasteiger partial charge in [-0.05, 0) is 12.7 Å². The highest BCUT2D eigenvalue weighted by Crippen LogP contribution is 2.12. The summed E-state index contributed by atoms with van der Waals surface area (Å²) in [5.74, 6) is 0.600. The van der Waals surface area contributed by atoms with Gasteiger partial charge in [-0.2, -0.15) is 0 Å². The van der Waals surface area contributed by atoms with Gasteiger partial charge in [-0.25, -0.2) is 0 Å². The monoisotopic (exact) mass is 174 g/mol. The summed E-state index contributed by atoms with van der Waals surface area (Å²) < 4.78 is 5.16. The van der Waals surface area contributed by atoms with Crippen molar-refractivity contribution in [3.63, 3.8) is 0 Å². The maximum Gasteiger partial charge on any atom is 0.276 e. The Bertz CT molecular complexity index is 214. The van der Waals surface area contributed by atoms with Crippen LogP contribution in [0.15, 0.2) is 9.64 Å². The van der Waals surface area contributed by atoms with Gasteiger partial charge in [0, 0.05) is 13.0 Å². The normalized spacial score (nSPS) is 10.4. The van der Waals surface area contributed by atoms with Crippen molar-refractivity contribution in [1.82, 2.24) is 10.2 Å². The van der Waals surface area contributed by atoms with Crippen LogP contribution in [0.1, 0.15) is 12.3 Å². The van der Waals surface area contributed by atoms with Crippen molar-refractivity contribution in [2.75, 3.05) is 12.9 Å². The van der Waals surface area contributed by atoms with Crippen LogP contribution in [0.25, 0.3) is 0 Å². The molecular formula is C6H10N2O2S. The van der Waals surface area contributed by atoms with Gasteiger partial charge in [-0.1, -0.05) is 11.8 Å². The van der Waals surface area contributed by atoms with Gasteiger partial charge < -0.3 is 9.52 Å². The first-order valence-corrected chi connectivity index (χ1v) is 4.56. The lowest BCUT2D eigenvalue weighted by Gasteiger charge is -1.88. The van der Waals surface area contributed by atoms with Gasteiger partial charge in [0.25, 0.3) is 5.22 Å². The summed E-state index contributed by atoms with van der Waals surface area (Å²) in [6.07, 6.45) is 3.21. The molecule has 62 valence electrons. The number of aliphatic hydroxyl groups is 1. The Labute approximate surface area is 69.0 Å².